The lowest BCUT2D eigenvalue weighted by Gasteiger charge is -2.42. The molecule has 4 heteroatoms. The van der Waals surface area contributed by atoms with Gasteiger partial charge in [-0.25, -0.2) is 8.78 Å². The number of nitrogens with zero attached hydrogens (tertiary/aromatic N) is 1. The lowest BCUT2D eigenvalue weighted by molar-refractivity contribution is -0.0516. The van der Waals surface area contributed by atoms with E-state index < -0.39 is 17.2 Å². The summed E-state index contributed by atoms with van der Waals surface area (Å²) in [5, 5.41) is 10.7. The summed E-state index contributed by atoms with van der Waals surface area (Å²) in [7, 11) is 2.06. The molecular formula is C14H17F2NO. The van der Waals surface area contributed by atoms with Crippen LogP contribution in [0.3, 0.4) is 0 Å². The molecule has 2 nitrogen and oxygen atoms in total. The summed E-state index contributed by atoms with van der Waals surface area (Å²) >= 11 is 0. The van der Waals surface area contributed by atoms with Crippen LogP contribution in [-0.2, 0) is 5.60 Å². The van der Waals surface area contributed by atoms with Crippen LogP contribution in [0.15, 0.2) is 18.2 Å². The zero-order chi connectivity index (χ0) is 12.9. The molecule has 1 aromatic carbocycles. The molecule has 2 atom stereocenters. The Bertz CT molecular complexity index is 463. The quantitative estimate of drug-likeness (QED) is 0.830. The van der Waals surface area contributed by atoms with Crippen LogP contribution in [0.25, 0.3) is 0 Å². The molecule has 0 saturated carbocycles. The molecule has 0 spiro atoms. The van der Waals surface area contributed by atoms with Gasteiger partial charge in [-0.3, -0.25) is 0 Å². The number of halogens is 2. The Kier molecular flexibility index (Phi) is 2.68. The lowest BCUT2D eigenvalue weighted by atomic mass is 9.80. The fourth-order valence-corrected chi connectivity index (χ4v) is 3.53. The van der Waals surface area contributed by atoms with Crippen molar-refractivity contribution in [2.75, 3.05) is 7.05 Å². The van der Waals surface area contributed by atoms with E-state index in [2.05, 4.69) is 11.9 Å². The van der Waals surface area contributed by atoms with Crippen LogP contribution in [-0.4, -0.2) is 29.1 Å². The van der Waals surface area contributed by atoms with E-state index >= 15 is 0 Å². The summed E-state index contributed by atoms with van der Waals surface area (Å²) in [4.78, 5) is 2.27. The molecule has 3 rings (SSSR count). The third-order valence-electron chi connectivity index (χ3n) is 4.56. The van der Waals surface area contributed by atoms with Crippen molar-refractivity contribution in [1.29, 1.82) is 0 Å². The van der Waals surface area contributed by atoms with Gasteiger partial charge in [0.1, 0.15) is 11.6 Å². The summed E-state index contributed by atoms with van der Waals surface area (Å²) < 4.78 is 26.8. The first kappa shape index (κ1) is 12.1. The van der Waals surface area contributed by atoms with Crippen molar-refractivity contribution in [3.8, 4) is 0 Å². The van der Waals surface area contributed by atoms with E-state index in [9.17, 15) is 13.9 Å². The van der Waals surface area contributed by atoms with Crippen LogP contribution in [0.2, 0.25) is 0 Å². The number of piperidine rings is 1. The van der Waals surface area contributed by atoms with Gasteiger partial charge in [-0.15, -0.1) is 0 Å². The summed E-state index contributed by atoms with van der Waals surface area (Å²) in [5.74, 6) is -1.24. The Labute approximate surface area is 105 Å². The Morgan fingerprint density at radius 2 is 1.83 bits per heavy atom. The Morgan fingerprint density at radius 3 is 2.39 bits per heavy atom. The fraction of sp³-hybridized carbons (Fsp3) is 0.571. The minimum Gasteiger partial charge on any atom is -0.385 e. The highest BCUT2D eigenvalue weighted by Gasteiger charge is 2.47. The van der Waals surface area contributed by atoms with Crippen LogP contribution < -0.4 is 0 Å². The van der Waals surface area contributed by atoms with Crippen molar-refractivity contribution >= 4 is 0 Å². The molecule has 2 bridgehead atoms. The van der Waals surface area contributed by atoms with Crippen molar-refractivity contribution in [1.82, 2.24) is 4.90 Å². The topological polar surface area (TPSA) is 23.5 Å². The van der Waals surface area contributed by atoms with Crippen molar-refractivity contribution in [3.63, 3.8) is 0 Å². The molecule has 2 aliphatic heterocycles. The van der Waals surface area contributed by atoms with Crippen LogP contribution in [0.4, 0.5) is 8.78 Å². The summed E-state index contributed by atoms with van der Waals surface area (Å²) in [6.07, 6.45) is 3.16. The van der Waals surface area contributed by atoms with Crippen LogP contribution in [0.1, 0.15) is 31.2 Å². The predicted octanol–water partition coefficient (Wildman–Crippen LogP) is 2.41. The van der Waals surface area contributed by atoms with Gasteiger partial charge in [0.25, 0.3) is 0 Å². The molecule has 2 fully saturated rings. The third kappa shape index (κ3) is 1.75. The van der Waals surface area contributed by atoms with Crippen molar-refractivity contribution in [2.45, 2.75) is 43.4 Å². The summed E-state index contributed by atoms with van der Waals surface area (Å²) in [6.45, 7) is 0. The molecule has 2 aliphatic rings. The molecule has 0 aromatic heterocycles. The highest BCUT2D eigenvalue weighted by Crippen LogP contribution is 2.45. The average molecular weight is 253 g/mol. The van der Waals surface area contributed by atoms with E-state index in [0.29, 0.717) is 24.9 Å². The highest BCUT2D eigenvalue weighted by atomic mass is 19.1. The largest absolute Gasteiger partial charge is 0.385 e. The second-order valence-corrected chi connectivity index (χ2v) is 5.61. The first-order chi connectivity index (χ1) is 8.49. The Balaban J connectivity index is 1.96. The van der Waals surface area contributed by atoms with E-state index in [0.717, 1.165) is 18.9 Å². The molecule has 2 heterocycles. The fourth-order valence-electron chi connectivity index (χ4n) is 3.53. The molecule has 18 heavy (non-hydrogen) atoms. The minimum absolute atomic E-state index is 0.244. The highest BCUT2D eigenvalue weighted by molar-refractivity contribution is 5.27. The number of benzene rings is 1. The van der Waals surface area contributed by atoms with E-state index in [-0.39, 0.29) is 5.56 Å². The monoisotopic (exact) mass is 253 g/mol. The van der Waals surface area contributed by atoms with Gasteiger partial charge in [0.05, 0.1) is 5.60 Å². The molecule has 2 unspecified atom stereocenters. The number of rotatable bonds is 1. The van der Waals surface area contributed by atoms with E-state index in [1.807, 2.05) is 0 Å². The van der Waals surface area contributed by atoms with Gasteiger partial charge in [-0.1, -0.05) is 6.07 Å². The molecule has 98 valence electrons. The number of hydrogen-bond donors (Lipinski definition) is 1. The normalized spacial score (nSPS) is 36.0. The van der Waals surface area contributed by atoms with Gasteiger partial charge >= 0.3 is 0 Å². The van der Waals surface area contributed by atoms with E-state index in [1.165, 1.54) is 12.1 Å². The molecule has 1 aromatic rings. The minimum atomic E-state index is -1.14. The zero-order valence-electron chi connectivity index (χ0n) is 10.4. The molecule has 0 aliphatic carbocycles. The smallest absolute Gasteiger partial charge is 0.132 e. The van der Waals surface area contributed by atoms with Crippen molar-refractivity contribution < 1.29 is 13.9 Å². The van der Waals surface area contributed by atoms with Gasteiger partial charge in [0.15, 0.2) is 0 Å². The second-order valence-electron chi connectivity index (χ2n) is 5.61. The molecule has 2 saturated heterocycles. The summed E-state index contributed by atoms with van der Waals surface area (Å²) in [6, 6.07) is 4.07. The van der Waals surface area contributed by atoms with Gasteiger partial charge in [0.2, 0.25) is 0 Å². The van der Waals surface area contributed by atoms with Crippen molar-refractivity contribution in [3.05, 3.63) is 35.4 Å². The number of aliphatic hydroxyl groups is 1. The maximum Gasteiger partial charge on any atom is 0.132 e. The Morgan fingerprint density at radius 1 is 1.22 bits per heavy atom. The lowest BCUT2D eigenvalue weighted by Crippen LogP contribution is -2.48. The number of fused-ring (bicyclic) bond motifs is 2. The molecular weight excluding hydrogens is 236 g/mol. The van der Waals surface area contributed by atoms with E-state index in [1.54, 1.807) is 0 Å². The number of hydrogen-bond acceptors (Lipinski definition) is 2. The maximum absolute atomic E-state index is 13.8. The van der Waals surface area contributed by atoms with Crippen LogP contribution >= 0.6 is 0 Å². The molecule has 1 N–H and O–H groups in total. The predicted molar refractivity (Wildman–Crippen MR) is 64.1 cm³/mol. The standard InChI is InChI=1S/C14H17F2NO/c1-17-10-3-4-11(17)8-14(18,7-10)12-5-2-9(15)6-13(12)16/h2,5-6,10-11,18H,3-4,7-8H2,1H3. The SMILES string of the molecule is CN1C2CCC1CC(O)(c1ccc(F)cc1F)C2. The average Bonchev–Trinajstić information content (AvgIpc) is 2.53. The maximum atomic E-state index is 13.8. The first-order valence-corrected chi connectivity index (χ1v) is 6.39. The summed E-state index contributed by atoms with van der Waals surface area (Å²) in [5.41, 5.74) is -0.898. The first-order valence-electron chi connectivity index (χ1n) is 6.39. The van der Waals surface area contributed by atoms with Gasteiger partial charge < -0.3 is 10.0 Å². The van der Waals surface area contributed by atoms with Crippen LogP contribution in [0, 0.1) is 11.6 Å². The van der Waals surface area contributed by atoms with Gasteiger partial charge in [-0.2, -0.15) is 0 Å². The zero-order valence-corrected chi connectivity index (χ0v) is 10.4. The molecule has 0 radical (unpaired) electrons. The van der Waals surface area contributed by atoms with Gasteiger partial charge in [-0.05, 0) is 38.8 Å². The Hall–Kier alpha value is -1.00. The third-order valence-corrected chi connectivity index (χ3v) is 4.56. The second kappa shape index (κ2) is 4.00. The molecule has 0 amide bonds. The van der Waals surface area contributed by atoms with E-state index in [4.69, 9.17) is 0 Å². The van der Waals surface area contributed by atoms with Gasteiger partial charge in [0, 0.05) is 23.7 Å². The van der Waals surface area contributed by atoms with Crippen molar-refractivity contribution in [2.24, 2.45) is 0 Å². The van der Waals surface area contributed by atoms with Crippen LogP contribution in [0.5, 0.6) is 0 Å².